The number of nitrogens with one attached hydrogen (secondary N) is 1. The van der Waals surface area contributed by atoms with Gasteiger partial charge < -0.3 is 10.2 Å². The minimum Gasteiger partial charge on any atom is -0.322 e. The number of carbonyl (C=O) groups excluding carboxylic acids is 2. The monoisotopic (exact) mass is 443 g/mol. The van der Waals surface area contributed by atoms with Crippen molar-refractivity contribution in [2.24, 2.45) is 0 Å². The molecule has 0 radical (unpaired) electrons. The quantitative estimate of drug-likeness (QED) is 0.356. The fourth-order valence-corrected chi connectivity index (χ4v) is 4.70. The molecule has 5 heteroatoms. The lowest BCUT2D eigenvalue weighted by atomic mass is 10.0. The molecule has 2 heterocycles. The predicted molar refractivity (Wildman–Crippen MR) is 135 cm³/mol. The second kappa shape index (κ2) is 8.12. The van der Waals surface area contributed by atoms with Crippen LogP contribution < -0.4 is 10.2 Å². The molecule has 6 rings (SSSR count). The van der Waals surface area contributed by atoms with Crippen molar-refractivity contribution in [3.8, 4) is 0 Å². The van der Waals surface area contributed by atoms with Crippen molar-refractivity contribution in [3.63, 3.8) is 0 Å². The van der Waals surface area contributed by atoms with E-state index in [9.17, 15) is 9.59 Å². The molecule has 0 fully saturated rings. The zero-order valence-electron chi connectivity index (χ0n) is 18.4. The maximum absolute atomic E-state index is 13.2. The lowest BCUT2D eigenvalue weighted by Gasteiger charge is -2.17. The maximum Gasteiger partial charge on any atom is 0.258 e. The molecule has 164 valence electrons. The van der Waals surface area contributed by atoms with E-state index in [2.05, 4.69) is 16.4 Å². The Balaban J connectivity index is 1.27. The van der Waals surface area contributed by atoms with E-state index < -0.39 is 0 Å². The Kier molecular flexibility index (Phi) is 4.81. The van der Waals surface area contributed by atoms with E-state index in [1.807, 2.05) is 65.6 Å². The number of fused-ring (bicyclic) bond motifs is 4. The molecule has 0 atom stereocenters. The highest BCUT2D eigenvalue weighted by Gasteiger charge is 2.25. The normalized spacial score (nSPS) is 12.6. The number of nitrogens with zero attached hydrogens (tertiary/aromatic N) is 2. The third kappa shape index (κ3) is 3.39. The van der Waals surface area contributed by atoms with Crippen molar-refractivity contribution in [2.45, 2.75) is 6.42 Å². The molecular formula is C29H21N3O2. The second-order valence-electron chi connectivity index (χ2n) is 8.41. The number of benzene rings is 4. The van der Waals surface area contributed by atoms with Gasteiger partial charge in [0.1, 0.15) is 0 Å². The standard InChI is InChI=1S/C29H21N3O2/c33-28(25-18-21-7-1-3-8-23(21)24-9-5-16-30-27(24)25)31-22-13-11-20(12-14-22)29(34)32-17-15-19-6-2-4-10-26(19)32/h1-14,16,18H,15,17H2,(H,31,33). The van der Waals surface area contributed by atoms with E-state index in [1.54, 1.807) is 30.5 Å². The Hall–Kier alpha value is -4.51. The van der Waals surface area contributed by atoms with Crippen molar-refractivity contribution in [1.82, 2.24) is 4.98 Å². The SMILES string of the molecule is O=C(Nc1ccc(C(=O)N2CCc3ccccc32)cc1)c1cc2ccccc2c2cccnc12. The predicted octanol–water partition coefficient (Wildman–Crippen LogP) is 5.84. The summed E-state index contributed by atoms with van der Waals surface area (Å²) in [5.74, 6) is -0.269. The topological polar surface area (TPSA) is 62.3 Å². The molecule has 0 bridgehead atoms. The molecule has 1 aliphatic rings. The highest BCUT2D eigenvalue weighted by molar-refractivity contribution is 6.19. The largest absolute Gasteiger partial charge is 0.322 e. The molecule has 5 nitrogen and oxygen atoms in total. The van der Waals surface area contributed by atoms with Crippen molar-refractivity contribution in [3.05, 3.63) is 114 Å². The van der Waals surface area contributed by atoms with Gasteiger partial charge in [0, 0.05) is 35.1 Å². The molecule has 4 aromatic carbocycles. The van der Waals surface area contributed by atoms with Crippen molar-refractivity contribution >= 4 is 44.9 Å². The van der Waals surface area contributed by atoms with Crippen LogP contribution in [0.4, 0.5) is 11.4 Å². The van der Waals surface area contributed by atoms with Crippen molar-refractivity contribution in [1.29, 1.82) is 0 Å². The summed E-state index contributed by atoms with van der Waals surface area (Å²) < 4.78 is 0. The smallest absolute Gasteiger partial charge is 0.258 e. The van der Waals surface area contributed by atoms with Gasteiger partial charge in [-0.1, -0.05) is 48.5 Å². The molecule has 0 unspecified atom stereocenters. The van der Waals surface area contributed by atoms with Gasteiger partial charge in [-0.15, -0.1) is 0 Å². The summed E-state index contributed by atoms with van der Waals surface area (Å²) >= 11 is 0. The fourth-order valence-electron chi connectivity index (χ4n) is 4.70. The van der Waals surface area contributed by atoms with Crippen LogP contribution in [0.3, 0.4) is 0 Å². The van der Waals surface area contributed by atoms with Gasteiger partial charge in [-0.2, -0.15) is 0 Å². The highest BCUT2D eigenvalue weighted by Crippen LogP contribution is 2.30. The van der Waals surface area contributed by atoms with Gasteiger partial charge >= 0.3 is 0 Å². The van der Waals surface area contributed by atoms with Crippen LogP contribution in [-0.2, 0) is 6.42 Å². The van der Waals surface area contributed by atoms with E-state index in [4.69, 9.17) is 0 Å². The molecular weight excluding hydrogens is 422 g/mol. The molecule has 0 saturated carbocycles. The Morgan fingerprint density at radius 2 is 1.59 bits per heavy atom. The number of hydrogen-bond donors (Lipinski definition) is 1. The van der Waals surface area contributed by atoms with Gasteiger partial charge in [0.2, 0.25) is 0 Å². The number of anilines is 2. The van der Waals surface area contributed by atoms with E-state index in [0.29, 0.717) is 28.9 Å². The van der Waals surface area contributed by atoms with E-state index in [1.165, 1.54) is 5.56 Å². The first kappa shape index (κ1) is 20.1. The first-order valence-electron chi connectivity index (χ1n) is 11.3. The van der Waals surface area contributed by atoms with Crippen LogP contribution in [0, 0.1) is 0 Å². The molecule has 1 N–H and O–H groups in total. The van der Waals surface area contributed by atoms with Crippen LogP contribution >= 0.6 is 0 Å². The lowest BCUT2D eigenvalue weighted by molar-refractivity contribution is 0.0988. The third-order valence-electron chi connectivity index (χ3n) is 6.38. The number of rotatable bonds is 3. The first-order chi connectivity index (χ1) is 16.7. The van der Waals surface area contributed by atoms with E-state index in [0.717, 1.165) is 28.3 Å². The van der Waals surface area contributed by atoms with Gasteiger partial charge in [0.15, 0.2) is 0 Å². The van der Waals surface area contributed by atoms with Crippen molar-refractivity contribution < 1.29 is 9.59 Å². The molecule has 0 saturated heterocycles. The number of amides is 2. The summed E-state index contributed by atoms with van der Waals surface area (Å²) in [6.07, 6.45) is 2.56. The molecule has 0 spiro atoms. The summed E-state index contributed by atoms with van der Waals surface area (Å²) in [5.41, 5.74) is 4.56. The summed E-state index contributed by atoms with van der Waals surface area (Å²) in [5, 5.41) is 5.95. The minimum atomic E-state index is -0.234. The van der Waals surface area contributed by atoms with Crippen LogP contribution in [-0.4, -0.2) is 23.3 Å². The lowest BCUT2D eigenvalue weighted by Crippen LogP contribution is -2.28. The molecule has 34 heavy (non-hydrogen) atoms. The van der Waals surface area contributed by atoms with Crippen LogP contribution in [0.15, 0.2) is 97.2 Å². The van der Waals surface area contributed by atoms with Gasteiger partial charge in [-0.3, -0.25) is 14.6 Å². The summed E-state index contributed by atoms with van der Waals surface area (Å²) in [6, 6.07) is 28.8. The number of para-hydroxylation sites is 1. The highest BCUT2D eigenvalue weighted by atomic mass is 16.2. The maximum atomic E-state index is 13.2. The molecule has 1 aromatic heterocycles. The summed E-state index contributed by atoms with van der Waals surface area (Å²) in [4.78, 5) is 32.6. The Bertz CT molecular complexity index is 1570. The Morgan fingerprint density at radius 3 is 2.47 bits per heavy atom. The third-order valence-corrected chi connectivity index (χ3v) is 6.38. The van der Waals surface area contributed by atoms with E-state index in [-0.39, 0.29) is 11.8 Å². The Morgan fingerprint density at radius 1 is 0.824 bits per heavy atom. The van der Waals surface area contributed by atoms with Crippen LogP contribution in [0.2, 0.25) is 0 Å². The zero-order chi connectivity index (χ0) is 23.1. The average molecular weight is 444 g/mol. The number of carbonyl (C=O) groups is 2. The van der Waals surface area contributed by atoms with Gasteiger partial charge in [0.25, 0.3) is 11.8 Å². The fraction of sp³-hybridized carbons (Fsp3) is 0.0690. The molecule has 5 aromatic rings. The first-order valence-corrected chi connectivity index (χ1v) is 11.3. The zero-order valence-corrected chi connectivity index (χ0v) is 18.4. The minimum absolute atomic E-state index is 0.0347. The average Bonchev–Trinajstić information content (AvgIpc) is 3.32. The summed E-state index contributed by atoms with van der Waals surface area (Å²) in [7, 11) is 0. The van der Waals surface area contributed by atoms with Crippen LogP contribution in [0.5, 0.6) is 0 Å². The number of pyridine rings is 1. The Labute approximate surface area is 196 Å². The number of aromatic nitrogens is 1. The second-order valence-corrected chi connectivity index (χ2v) is 8.41. The number of hydrogen-bond acceptors (Lipinski definition) is 3. The van der Waals surface area contributed by atoms with E-state index >= 15 is 0 Å². The van der Waals surface area contributed by atoms with Crippen molar-refractivity contribution in [2.75, 3.05) is 16.8 Å². The van der Waals surface area contributed by atoms with Crippen LogP contribution in [0.1, 0.15) is 26.3 Å². The molecule has 0 aliphatic carbocycles. The van der Waals surface area contributed by atoms with Gasteiger partial charge in [-0.25, -0.2) is 0 Å². The molecule has 1 aliphatic heterocycles. The van der Waals surface area contributed by atoms with Crippen LogP contribution in [0.25, 0.3) is 21.7 Å². The summed E-state index contributed by atoms with van der Waals surface area (Å²) in [6.45, 7) is 0.679. The molecule has 2 amide bonds. The van der Waals surface area contributed by atoms with Gasteiger partial charge in [0.05, 0.1) is 11.1 Å². The van der Waals surface area contributed by atoms with Gasteiger partial charge in [-0.05, 0) is 65.2 Å².